The van der Waals surface area contributed by atoms with Crippen LogP contribution in [-0.2, 0) is 9.59 Å². The Morgan fingerprint density at radius 2 is 1.77 bits per heavy atom. The van der Waals surface area contributed by atoms with Crippen molar-refractivity contribution >= 4 is 17.5 Å². The highest BCUT2D eigenvalue weighted by Gasteiger charge is 2.19. The van der Waals surface area contributed by atoms with Gasteiger partial charge in [-0.25, -0.2) is 0 Å². The molecule has 1 aliphatic rings. The SMILES string of the molecule is CC(=O)Nc1ccc(OCC(=O)NC2CCC(C)CC2)cc1. The number of hydrogen-bond acceptors (Lipinski definition) is 3. The number of carbonyl (C=O) groups excluding carboxylic acids is 2. The zero-order chi connectivity index (χ0) is 15.9. The van der Waals surface area contributed by atoms with Crippen LogP contribution in [0.3, 0.4) is 0 Å². The summed E-state index contributed by atoms with van der Waals surface area (Å²) >= 11 is 0. The molecule has 120 valence electrons. The Morgan fingerprint density at radius 1 is 1.14 bits per heavy atom. The highest BCUT2D eigenvalue weighted by Crippen LogP contribution is 2.23. The van der Waals surface area contributed by atoms with Crippen LogP contribution in [0.1, 0.15) is 39.5 Å². The Morgan fingerprint density at radius 3 is 2.36 bits per heavy atom. The number of carbonyl (C=O) groups is 2. The van der Waals surface area contributed by atoms with Crippen LogP contribution in [0.5, 0.6) is 5.75 Å². The standard InChI is InChI=1S/C17H24N2O3/c1-12-3-5-15(6-4-12)19-17(21)11-22-16-9-7-14(8-10-16)18-13(2)20/h7-10,12,15H,3-6,11H2,1-2H3,(H,18,20)(H,19,21). The molecule has 0 atom stereocenters. The smallest absolute Gasteiger partial charge is 0.258 e. The Kier molecular flexibility index (Phi) is 5.81. The van der Waals surface area contributed by atoms with Gasteiger partial charge in [0.05, 0.1) is 0 Å². The number of rotatable bonds is 5. The van der Waals surface area contributed by atoms with Gasteiger partial charge in [0.1, 0.15) is 5.75 Å². The molecule has 5 heteroatoms. The fourth-order valence-electron chi connectivity index (χ4n) is 2.66. The van der Waals surface area contributed by atoms with E-state index in [2.05, 4.69) is 17.6 Å². The minimum absolute atomic E-state index is 0.0194. The molecule has 1 aromatic carbocycles. The van der Waals surface area contributed by atoms with E-state index in [9.17, 15) is 9.59 Å². The lowest BCUT2D eigenvalue weighted by molar-refractivity contribution is -0.124. The van der Waals surface area contributed by atoms with Gasteiger partial charge in [-0.05, 0) is 55.9 Å². The van der Waals surface area contributed by atoms with Crippen LogP contribution in [-0.4, -0.2) is 24.5 Å². The first-order chi connectivity index (χ1) is 10.5. The summed E-state index contributed by atoms with van der Waals surface area (Å²) in [6, 6.07) is 7.25. The van der Waals surface area contributed by atoms with E-state index < -0.39 is 0 Å². The van der Waals surface area contributed by atoms with E-state index in [1.165, 1.54) is 19.8 Å². The van der Waals surface area contributed by atoms with E-state index in [-0.39, 0.29) is 24.5 Å². The number of benzene rings is 1. The highest BCUT2D eigenvalue weighted by atomic mass is 16.5. The highest BCUT2D eigenvalue weighted by molar-refractivity contribution is 5.88. The fourth-order valence-corrected chi connectivity index (χ4v) is 2.66. The number of hydrogen-bond donors (Lipinski definition) is 2. The minimum atomic E-state index is -0.116. The fraction of sp³-hybridized carbons (Fsp3) is 0.529. The zero-order valence-corrected chi connectivity index (χ0v) is 13.2. The van der Waals surface area contributed by atoms with Gasteiger partial charge in [-0.1, -0.05) is 6.92 Å². The number of ether oxygens (including phenoxy) is 1. The lowest BCUT2D eigenvalue weighted by atomic mass is 9.87. The summed E-state index contributed by atoms with van der Waals surface area (Å²) in [7, 11) is 0. The molecule has 1 saturated carbocycles. The average Bonchev–Trinajstić information content (AvgIpc) is 2.48. The molecule has 0 bridgehead atoms. The van der Waals surface area contributed by atoms with Crippen molar-refractivity contribution in [3.8, 4) is 5.75 Å². The molecule has 0 heterocycles. The van der Waals surface area contributed by atoms with Gasteiger partial charge in [0.2, 0.25) is 5.91 Å². The molecule has 1 fully saturated rings. The first kappa shape index (κ1) is 16.3. The lowest BCUT2D eigenvalue weighted by Gasteiger charge is -2.26. The third-order valence-electron chi connectivity index (χ3n) is 3.93. The number of amides is 2. The van der Waals surface area contributed by atoms with Crippen molar-refractivity contribution in [1.29, 1.82) is 0 Å². The van der Waals surface area contributed by atoms with Gasteiger partial charge in [0, 0.05) is 18.7 Å². The molecule has 0 aromatic heterocycles. The van der Waals surface area contributed by atoms with Gasteiger partial charge in [-0.3, -0.25) is 9.59 Å². The average molecular weight is 304 g/mol. The molecular formula is C17H24N2O3. The number of anilines is 1. The monoisotopic (exact) mass is 304 g/mol. The van der Waals surface area contributed by atoms with Gasteiger partial charge >= 0.3 is 0 Å². The van der Waals surface area contributed by atoms with Crippen molar-refractivity contribution in [3.05, 3.63) is 24.3 Å². The van der Waals surface area contributed by atoms with Crippen molar-refractivity contribution in [3.63, 3.8) is 0 Å². The van der Waals surface area contributed by atoms with Gasteiger partial charge in [0.15, 0.2) is 6.61 Å². The summed E-state index contributed by atoms with van der Waals surface area (Å²) in [5.74, 6) is 1.19. The molecule has 1 aliphatic carbocycles. The molecule has 0 aliphatic heterocycles. The molecule has 2 N–H and O–H groups in total. The van der Waals surface area contributed by atoms with Gasteiger partial charge in [-0.2, -0.15) is 0 Å². The van der Waals surface area contributed by atoms with Gasteiger partial charge in [0.25, 0.3) is 5.91 Å². The second-order valence-electron chi connectivity index (χ2n) is 6.02. The summed E-state index contributed by atoms with van der Waals surface area (Å²) in [6.07, 6.45) is 4.46. The van der Waals surface area contributed by atoms with E-state index in [4.69, 9.17) is 4.74 Å². The molecule has 5 nitrogen and oxygen atoms in total. The topological polar surface area (TPSA) is 67.4 Å². The van der Waals surface area contributed by atoms with E-state index in [1.807, 2.05) is 0 Å². The molecule has 2 rings (SSSR count). The van der Waals surface area contributed by atoms with Crippen LogP contribution in [0.25, 0.3) is 0 Å². The Hall–Kier alpha value is -2.04. The van der Waals surface area contributed by atoms with Crippen molar-refractivity contribution in [2.24, 2.45) is 5.92 Å². The van der Waals surface area contributed by atoms with Crippen molar-refractivity contribution in [2.75, 3.05) is 11.9 Å². The molecule has 1 aromatic rings. The maximum Gasteiger partial charge on any atom is 0.258 e. The van der Waals surface area contributed by atoms with E-state index in [0.29, 0.717) is 11.4 Å². The van der Waals surface area contributed by atoms with E-state index in [1.54, 1.807) is 24.3 Å². The lowest BCUT2D eigenvalue weighted by Crippen LogP contribution is -2.39. The van der Waals surface area contributed by atoms with Crippen LogP contribution in [0, 0.1) is 5.92 Å². The second-order valence-corrected chi connectivity index (χ2v) is 6.02. The second kappa shape index (κ2) is 7.82. The van der Waals surface area contributed by atoms with Crippen molar-refractivity contribution < 1.29 is 14.3 Å². The third-order valence-corrected chi connectivity index (χ3v) is 3.93. The van der Waals surface area contributed by atoms with Crippen LogP contribution < -0.4 is 15.4 Å². The third kappa shape index (κ3) is 5.39. The predicted octanol–water partition coefficient (Wildman–Crippen LogP) is 2.72. The largest absolute Gasteiger partial charge is 0.484 e. The Bertz CT molecular complexity index is 505. The Balaban J connectivity index is 1.72. The van der Waals surface area contributed by atoms with Crippen molar-refractivity contribution in [2.45, 2.75) is 45.6 Å². The maximum absolute atomic E-state index is 11.9. The zero-order valence-electron chi connectivity index (χ0n) is 13.2. The molecule has 0 spiro atoms. The molecule has 0 radical (unpaired) electrons. The van der Waals surface area contributed by atoms with Gasteiger partial charge < -0.3 is 15.4 Å². The predicted molar refractivity (Wildman–Crippen MR) is 85.8 cm³/mol. The van der Waals surface area contributed by atoms with Gasteiger partial charge in [-0.15, -0.1) is 0 Å². The Labute approximate surface area is 131 Å². The summed E-state index contributed by atoms with van der Waals surface area (Å²) < 4.78 is 5.47. The molecule has 2 amide bonds. The van der Waals surface area contributed by atoms with Crippen LogP contribution in [0.2, 0.25) is 0 Å². The minimum Gasteiger partial charge on any atom is -0.484 e. The first-order valence-corrected chi connectivity index (χ1v) is 7.82. The number of nitrogens with one attached hydrogen (secondary N) is 2. The molecule has 22 heavy (non-hydrogen) atoms. The normalized spacial score (nSPS) is 21.0. The van der Waals surface area contributed by atoms with E-state index in [0.717, 1.165) is 18.8 Å². The van der Waals surface area contributed by atoms with E-state index >= 15 is 0 Å². The van der Waals surface area contributed by atoms with Crippen LogP contribution >= 0.6 is 0 Å². The van der Waals surface area contributed by atoms with Crippen molar-refractivity contribution in [1.82, 2.24) is 5.32 Å². The van der Waals surface area contributed by atoms with Crippen LogP contribution in [0.15, 0.2) is 24.3 Å². The molecular weight excluding hydrogens is 280 g/mol. The molecule has 0 saturated heterocycles. The summed E-state index contributed by atoms with van der Waals surface area (Å²) in [5, 5.41) is 5.71. The summed E-state index contributed by atoms with van der Waals surface area (Å²) in [5.41, 5.74) is 0.709. The molecule has 0 unspecified atom stereocenters. The summed E-state index contributed by atoms with van der Waals surface area (Å²) in [6.45, 7) is 3.73. The quantitative estimate of drug-likeness (QED) is 0.879. The van der Waals surface area contributed by atoms with Crippen LogP contribution in [0.4, 0.5) is 5.69 Å². The first-order valence-electron chi connectivity index (χ1n) is 7.82. The summed E-state index contributed by atoms with van der Waals surface area (Å²) in [4.78, 5) is 22.8. The maximum atomic E-state index is 11.9.